The highest BCUT2D eigenvalue weighted by atomic mass is 16.7. The van der Waals surface area contributed by atoms with Crippen LogP contribution in [-0.2, 0) is 24.1 Å². The van der Waals surface area contributed by atoms with Crippen LogP contribution in [0.2, 0.25) is 0 Å². The summed E-state index contributed by atoms with van der Waals surface area (Å²) >= 11 is 0. The Hall–Kier alpha value is -2.53. The number of hydrogen-bond acceptors (Lipinski definition) is 4. The smallest absolute Gasteiger partial charge is 0.231 e. The number of carbonyl (C=O) groups excluding carboxylic acids is 1. The standard InChI is InChI=1S/C23H26N2O3/c26-23(11-16-7-8-21-22(10-16)28-15-27-21)24-19-6-3-9-25(14-19)20-12-17-4-1-2-5-18(17)13-20/h1-2,4-5,7-8,10,19-20H,3,6,9,11-15H2,(H,24,26). The average molecular weight is 378 g/mol. The van der Waals surface area contributed by atoms with E-state index in [0.717, 1.165) is 55.8 Å². The van der Waals surface area contributed by atoms with Crippen LogP contribution in [0.1, 0.15) is 29.5 Å². The van der Waals surface area contributed by atoms with Crippen molar-refractivity contribution in [2.75, 3.05) is 19.9 Å². The largest absolute Gasteiger partial charge is 0.454 e. The van der Waals surface area contributed by atoms with Gasteiger partial charge in [0.2, 0.25) is 12.7 Å². The number of ether oxygens (including phenoxy) is 2. The van der Waals surface area contributed by atoms with Gasteiger partial charge in [0.05, 0.1) is 6.42 Å². The van der Waals surface area contributed by atoms with Crippen molar-refractivity contribution in [2.45, 2.75) is 44.2 Å². The molecule has 5 heteroatoms. The molecular weight excluding hydrogens is 352 g/mol. The molecule has 2 heterocycles. The summed E-state index contributed by atoms with van der Waals surface area (Å²) in [5, 5.41) is 3.26. The molecule has 2 aliphatic heterocycles. The van der Waals surface area contributed by atoms with Crippen molar-refractivity contribution in [3.8, 4) is 11.5 Å². The third-order valence-electron chi connectivity index (χ3n) is 6.17. The maximum atomic E-state index is 12.6. The van der Waals surface area contributed by atoms with Crippen LogP contribution in [0, 0.1) is 0 Å². The van der Waals surface area contributed by atoms with Crippen LogP contribution in [-0.4, -0.2) is 42.8 Å². The molecule has 3 aliphatic rings. The Morgan fingerprint density at radius 2 is 1.86 bits per heavy atom. The first-order valence-electron chi connectivity index (χ1n) is 10.2. The fraction of sp³-hybridized carbons (Fsp3) is 0.435. The Morgan fingerprint density at radius 1 is 1.07 bits per heavy atom. The van der Waals surface area contributed by atoms with E-state index in [1.807, 2.05) is 18.2 Å². The van der Waals surface area contributed by atoms with E-state index in [0.29, 0.717) is 12.5 Å². The number of nitrogens with zero attached hydrogens (tertiary/aromatic N) is 1. The number of rotatable bonds is 4. The summed E-state index contributed by atoms with van der Waals surface area (Å²) in [4.78, 5) is 15.2. The Balaban J connectivity index is 1.16. The summed E-state index contributed by atoms with van der Waals surface area (Å²) in [6, 6.07) is 15.3. The Morgan fingerprint density at radius 3 is 2.68 bits per heavy atom. The van der Waals surface area contributed by atoms with Crippen molar-refractivity contribution in [3.63, 3.8) is 0 Å². The van der Waals surface area contributed by atoms with Crippen molar-refractivity contribution >= 4 is 5.91 Å². The average Bonchev–Trinajstić information content (AvgIpc) is 3.34. The van der Waals surface area contributed by atoms with E-state index in [1.54, 1.807) is 0 Å². The highest BCUT2D eigenvalue weighted by molar-refractivity contribution is 5.79. The zero-order valence-electron chi connectivity index (χ0n) is 16.0. The molecule has 1 aliphatic carbocycles. The molecule has 1 N–H and O–H groups in total. The van der Waals surface area contributed by atoms with Gasteiger partial charge in [-0.3, -0.25) is 9.69 Å². The van der Waals surface area contributed by atoms with Crippen LogP contribution in [0.15, 0.2) is 42.5 Å². The van der Waals surface area contributed by atoms with Crippen LogP contribution < -0.4 is 14.8 Å². The number of hydrogen-bond donors (Lipinski definition) is 1. The molecule has 0 aromatic heterocycles. The number of benzene rings is 2. The zero-order valence-corrected chi connectivity index (χ0v) is 16.0. The van der Waals surface area contributed by atoms with E-state index in [2.05, 4.69) is 34.5 Å². The van der Waals surface area contributed by atoms with Gasteiger partial charge in [-0.25, -0.2) is 0 Å². The van der Waals surface area contributed by atoms with Gasteiger partial charge in [0.15, 0.2) is 11.5 Å². The lowest BCUT2D eigenvalue weighted by molar-refractivity contribution is -0.121. The summed E-state index contributed by atoms with van der Waals surface area (Å²) in [7, 11) is 0. The van der Waals surface area contributed by atoms with Gasteiger partial charge in [0.25, 0.3) is 0 Å². The normalized spacial score (nSPS) is 21.5. The third kappa shape index (κ3) is 3.59. The molecule has 2 aromatic carbocycles. The van der Waals surface area contributed by atoms with E-state index in [9.17, 15) is 4.79 Å². The highest BCUT2D eigenvalue weighted by Gasteiger charge is 2.30. The second-order valence-corrected chi connectivity index (χ2v) is 8.10. The zero-order chi connectivity index (χ0) is 18.9. The molecule has 28 heavy (non-hydrogen) atoms. The minimum absolute atomic E-state index is 0.0837. The van der Waals surface area contributed by atoms with Gasteiger partial charge in [-0.1, -0.05) is 30.3 Å². The summed E-state index contributed by atoms with van der Waals surface area (Å²) in [6.07, 6.45) is 4.84. The van der Waals surface area contributed by atoms with E-state index in [4.69, 9.17) is 9.47 Å². The van der Waals surface area contributed by atoms with Crippen molar-refractivity contribution in [2.24, 2.45) is 0 Å². The fourth-order valence-electron chi connectivity index (χ4n) is 4.76. The molecule has 5 rings (SSSR count). The van der Waals surface area contributed by atoms with Crippen molar-refractivity contribution < 1.29 is 14.3 Å². The number of likely N-dealkylation sites (tertiary alicyclic amines) is 1. The Labute approximate surface area is 165 Å². The topological polar surface area (TPSA) is 50.8 Å². The molecule has 0 spiro atoms. The van der Waals surface area contributed by atoms with Crippen molar-refractivity contribution in [1.82, 2.24) is 10.2 Å². The summed E-state index contributed by atoms with van der Waals surface area (Å²) in [5.74, 6) is 1.57. The molecule has 1 unspecified atom stereocenters. The third-order valence-corrected chi connectivity index (χ3v) is 6.17. The monoisotopic (exact) mass is 378 g/mol. The number of nitrogens with one attached hydrogen (secondary N) is 1. The van der Waals surface area contributed by atoms with Gasteiger partial charge < -0.3 is 14.8 Å². The van der Waals surface area contributed by atoms with E-state index < -0.39 is 0 Å². The lowest BCUT2D eigenvalue weighted by Crippen LogP contribution is -2.51. The molecule has 5 nitrogen and oxygen atoms in total. The second kappa shape index (κ2) is 7.47. The molecule has 0 radical (unpaired) electrons. The lowest BCUT2D eigenvalue weighted by atomic mass is 10.0. The molecule has 2 aromatic rings. The van der Waals surface area contributed by atoms with Gasteiger partial charge in [0.1, 0.15) is 0 Å². The summed E-state index contributed by atoms with van der Waals surface area (Å²) in [6.45, 7) is 2.34. The molecule has 1 atom stereocenters. The minimum Gasteiger partial charge on any atom is -0.454 e. The first-order chi connectivity index (χ1) is 13.7. The lowest BCUT2D eigenvalue weighted by Gasteiger charge is -2.37. The van der Waals surface area contributed by atoms with Crippen LogP contribution in [0.3, 0.4) is 0 Å². The van der Waals surface area contributed by atoms with Gasteiger partial charge >= 0.3 is 0 Å². The molecule has 0 bridgehead atoms. The van der Waals surface area contributed by atoms with E-state index in [-0.39, 0.29) is 18.7 Å². The summed E-state index contributed by atoms with van der Waals surface area (Å²) in [5.41, 5.74) is 3.93. The first kappa shape index (κ1) is 17.6. The fourth-order valence-corrected chi connectivity index (χ4v) is 4.76. The van der Waals surface area contributed by atoms with Gasteiger partial charge in [-0.05, 0) is 61.1 Å². The number of piperidine rings is 1. The molecule has 146 valence electrons. The quantitative estimate of drug-likeness (QED) is 0.889. The SMILES string of the molecule is O=C(Cc1ccc2c(c1)OCO2)NC1CCCN(C2Cc3ccccc3C2)C1. The van der Waals surface area contributed by atoms with Gasteiger partial charge in [-0.2, -0.15) is 0 Å². The molecule has 1 amide bonds. The van der Waals surface area contributed by atoms with E-state index in [1.165, 1.54) is 11.1 Å². The maximum Gasteiger partial charge on any atom is 0.231 e. The predicted octanol–water partition coefficient (Wildman–Crippen LogP) is 2.71. The van der Waals surface area contributed by atoms with Gasteiger partial charge in [-0.15, -0.1) is 0 Å². The van der Waals surface area contributed by atoms with Crippen LogP contribution >= 0.6 is 0 Å². The maximum absolute atomic E-state index is 12.6. The minimum atomic E-state index is 0.0837. The summed E-state index contributed by atoms with van der Waals surface area (Å²) < 4.78 is 10.7. The highest BCUT2D eigenvalue weighted by Crippen LogP contribution is 2.32. The Kier molecular flexibility index (Phi) is 4.69. The number of fused-ring (bicyclic) bond motifs is 2. The van der Waals surface area contributed by atoms with Gasteiger partial charge in [0, 0.05) is 18.6 Å². The van der Waals surface area contributed by atoms with E-state index >= 15 is 0 Å². The van der Waals surface area contributed by atoms with Crippen molar-refractivity contribution in [1.29, 1.82) is 0 Å². The second-order valence-electron chi connectivity index (χ2n) is 8.10. The molecule has 1 fully saturated rings. The van der Waals surface area contributed by atoms with Crippen LogP contribution in [0.4, 0.5) is 0 Å². The molecule has 0 saturated carbocycles. The van der Waals surface area contributed by atoms with Crippen molar-refractivity contribution in [3.05, 3.63) is 59.2 Å². The first-order valence-corrected chi connectivity index (χ1v) is 10.2. The molecular formula is C23H26N2O3. The molecule has 1 saturated heterocycles. The Bertz CT molecular complexity index is 857. The van der Waals surface area contributed by atoms with Crippen LogP contribution in [0.25, 0.3) is 0 Å². The predicted molar refractivity (Wildman–Crippen MR) is 107 cm³/mol. The van der Waals surface area contributed by atoms with Crippen LogP contribution in [0.5, 0.6) is 11.5 Å². The number of amides is 1. The number of carbonyl (C=O) groups is 1.